The van der Waals surface area contributed by atoms with Gasteiger partial charge in [0.1, 0.15) is 17.4 Å². The summed E-state index contributed by atoms with van der Waals surface area (Å²) in [7, 11) is 0. The summed E-state index contributed by atoms with van der Waals surface area (Å²) in [4.78, 5) is 14.8. The molecule has 2 aromatic heterocycles. The maximum Gasteiger partial charge on any atom is 0.229 e. The first-order chi connectivity index (χ1) is 15.9. The predicted molar refractivity (Wildman–Crippen MR) is 120 cm³/mol. The summed E-state index contributed by atoms with van der Waals surface area (Å²) < 4.78 is 39.7. The number of aromatic nitrogens is 4. The van der Waals surface area contributed by atoms with Crippen LogP contribution in [0.1, 0.15) is 51.3 Å². The number of benzene rings is 1. The highest BCUT2D eigenvalue weighted by Crippen LogP contribution is 2.29. The van der Waals surface area contributed by atoms with Crippen LogP contribution in [-0.4, -0.2) is 39.8 Å². The quantitative estimate of drug-likeness (QED) is 0.387. The maximum atomic E-state index is 14.5. The number of piperidine rings is 1. The molecule has 7 nitrogen and oxygen atoms in total. The third-order valence-electron chi connectivity index (χ3n) is 5.70. The van der Waals surface area contributed by atoms with Gasteiger partial charge in [-0.25, -0.2) is 18.7 Å². The zero-order valence-electron chi connectivity index (χ0n) is 18.6. The van der Waals surface area contributed by atoms with Gasteiger partial charge in [0.2, 0.25) is 17.7 Å². The SMILES string of the molecule is CC(C)c1nc(-c2c(F)cc(OCCCC3CCN(c4ncc(Cl)cn4)CC3)cc2F)no1. The van der Waals surface area contributed by atoms with Gasteiger partial charge in [-0.15, -0.1) is 0 Å². The second kappa shape index (κ2) is 10.4. The summed E-state index contributed by atoms with van der Waals surface area (Å²) >= 11 is 5.85. The number of rotatable bonds is 8. The van der Waals surface area contributed by atoms with Crippen LogP contribution < -0.4 is 9.64 Å². The Bertz CT molecular complexity index is 1050. The third kappa shape index (κ3) is 5.76. The van der Waals surface area contributed by atoms with Crippen LogP contribution >= 0.6 is 11.6 Å². The van der Waals surface area contributed by atoms with Crippen LogP contribution in [0.3, 0.4) is 0 Å². The first-order valence-electron chi connectivity index (χ1n) is 11.1. The largest absolute Gasteiger partial charge is 0.493 e. The molecule has 1 aliphatic rings. The van der Waals surface area contributed by atoms with Gasteiger partial charge in [-0.2, -0.15) is 4.98 Å². The second-order valence-corrected chi connectivity index (χ2v) is 8.93. The van der Waals surface area contributed by atoms with E-state index in [0.29, 0.717) is 29.4 Å². The van der Waals surface area contributed by atoms with E-state index >= 15 is 0 Å². The zero-order valence-corrected chi connectivity index (χ0v) is 19.4. The Hall–Kier alpha value is -2.81. The highest BCUT2D eigenvalue weighted by molar-refractivity contribution is 6.30. The van der Waals surface area contributed by atoms with E-state index in [-0.39, 0.29) is 23.1 Å². The molecule has 1 fully saturated rings. The average molecular weight is 478 g/mol. The van der Waals surface area contributed by atoms with E-state index in [0.717, 1.165) is 50.9 Å². The topological polar surface area (TPSA) is 77.2 Å². The van der Waals surface area contributed by atoms with Crippen molar-refractivity contribution in [1.82, 2.24) is 20.1 Å². The summed E-state index contributed by atoms with van der Waals surface area (Å²) in [5, 5.41) is 4.22. The van der Waals surface area contributed by atoms with Crippen LogP contribution in [0, 0.1) is 17.6 Å². The number of ether oxygens (including phenoxy) is 1. The monoisotopic (exact) mass is 477 g/mol. The molecular weight excluding hydrogens is 452 g/mol. The molecule has 0 bridgehead atoms. The predicted octanol–water partition coefficient (Wildman–Crippen LogP) is 5.66. The van der Waals surface area contributed by atoms with Crippen molar-refractivity contribution in [2.24, 2.45) is 5.92 Å². The van der Waals surface area contributed by atoms with Gasteiger partial charge in [-0.1, -0.05) is 30.6 Å². The molecule has 4 rings (SSSR count). The lowest BCUT2D eigenvalue weighted by molar-refractivity contribution is 0.277. The van der Waals surface area contributed by atoms with E-state index < -0.39 is 11.6 Å². The maximum absolute atomic E-state index is 14.5. The Kier molecular flexibility index (Phi) is 7.37. The summed E-state index contributed by atoms with van der Waals surface area (Å²) in [6.07, 6.45) is 7.07. The molecule has 0 amide bonds. The number of halogens is 3. The summed E-state index contributed by atoms with van der Waals surface area (Å²) in [5.74, 6) is 0.0624. The van der Waals surface area contributed by atoms with Gasteiger partial charge < -0.3 is 14.2 Å². The van der Waals surface area contributed by atoms with E-state index in [1.165, 1.54) is 0 Å². The Morgan fingerprint density at radius 1 is 1.15 bits per heavy atom. The van der Waals surface area contributed by atoms with Gasteiger partial charge in [0.15, 0.2) is 0 Å². The molecule has 0 N–H and O–H groups in total. The second-order valence-electron chi connectivity index (χ2n) is 8.50. The standard InChI is InChI=1S/C23H26ClF2N5O2/c1-14(2)22-29-21(30-33-22)20-18(25)10-17(11-19(20)26)32-9-3-4-15-5-7-31(8-6-15)23-27-12-16(24)13-28-23/h10-15H,3-9H2,1-2H3. The van der Waals surface area contributed by atoms with Crippen molar-refractivity contribution in [2.75, 3.05) is 24.6 Å². The normalized spacial score (nSPS) is 14.8. The molecule has 1 aliphatic heterocycles. The van der Waals surface area contributed by atoms with E-state index in [1.54, 1.807) is 12.4 Å². The van der Waals surface area contributed by atoms with E-state index in [1.807, 2.05) is 13.8 Å². The van der Waals surface area contributed by atoms with Crippen molar-refractivity contribution in [2.45, 2.75) is 45.4 Å². The summed E-state index contributed by atoms with van der Waals surface area (Å²) in [6.45, 7) is 5.88. The highest BCUT2D eigenvalue weighted by atomic mass is 35.5. The molecule has 1 aromatic carbocycles. The highest BCUT2D eigenvalue weighted by Gasteiger charge is 2.22. The van der Waals surface area contributed by atoms with Crippen LogP contribution in [0.5, 0.6) is 5.75 Å². The first-order valence-corrected chi connectivity index (χ1v) is 11.5. The van der Waals surface area contributed by atoms with E-state index in [2.05, 4.69) is 25.0 Å². The molecule has 3 aromatic rings. The molecule has 0 spiro atoms. The van der Waals surface area contributed by atoms with E-state index in [9.17, 15) is 8.78 Å². The van der Waals surface area contributed by atoms with Crippen LogP contribution in [0.15, 0.2) is 29.0 Å². The van der Waals surface area contributed by atoms with Gasteiger partial charge >= 0.3 is 0 Å². The van der Waals surface area contributed by atoms with Crippen molar-refractivity contribution >= 4 is 17.5 Å². The molecular formula is C23H26ClF2N5O2. The van der Waals surface area contributed by atoms with Crippen molar-refractivity contribution < 1.29 is 18.0 Å². The van der Waals surface area contributed by atoms with Crippen molar-refractivity contribution in [3.8, 4) is 17.1 Å². The summed E-state index contributed by atoms with van der Waals surface area (Å²) in [5.41, 5.74) is -0.311. The minimum absolute atomic E-state index is 0.0296. The van der Waals surface area contributed by atoms with E-state index in [4.69, 9.17) is 20.9 Å². The molecule has 0 radical (unpaired) electrons. The molecule has 1 saturated heterocycles. The molecule has 3 heterocycles. The van der Waals surface area contributed by atoms with Gasteiger partial charge in [-0.3, -0.25) is 0 Å². The van der Waals surface area contributed by atoms with Gasteiger partial charge in [0.05, 0.1) is 29.6 Å². The lowest BCUT2D eigenvalue weighted by atomic mass is 9.92. The smallest absolute Gasteiger partial charge is 0.229 e. The Morgan fingerprint density at radius 3 is 2.42 bits per heavy atom. The fourth-order valence-electron chi connectivity index (χ4n) is 3.87. The number of hydrogen-bond acceptors (Lipinski definition) is 7. The fourth-order valence-corrected chi connectivity index (χ4v) is 3.97. The molecule has 0 unspecified atom stereocenters. The third-order valence-corrected chi connectivity index (χ3v) is 5.90. The first kappa shape index (κ1) is 23.4. The lowest BCUT2D eigenvalue weighted by Gasteiger charge is -2.31. The van der Waals surface area contributed by atoms with Gasteiger partial charge in [-0.05, 0) is 31.6 Å². The molecule has 176 valence electrons. The lowest BCUT2D eigenvalue weighted by Crippen LogP contribution is -2.34. The van der Waals surface area contributed by atoms with Crippen molar-refractivity contribution in [3.63, 3.8) is 0 Å². The molecule has 33 heavy (non-hydrogen) atoms. The van der Waals surface area contributed by atoms with Gasteiger partial charge in [0.25, 0.3) is 0 Å². The number of hydrogen-bond donors (Lipinski definition) is 0. The van der Waals surface area contributed by atoms with Crippen LogP contribution in [0.4, 0.5) is 14.7 Å². The van der Waals surface area contributed by atoms with Crippen molar-refractivity contribution in [1.29, 1.82) is 0 Å². The fraction of sp³-hybridized carbons (Fsp3) is 0.478. The Morgan fingerprint density at radius 2 is 1.82 bits per heavy atom. The Balaban J connectivity index is 1.24. The molecule has 0 saturated carbocycles. The van der Waals surface area contributed by atoms with Crippen molar-refractivity contribution in [3.05, 3.63) is 47.1 Å². The number of nitrogens with zero attached hydrogens (tertiary/aromatic N) is 5. The zero-order chi connectivity index (χ0) is 23.4. The molecule has 0 aliphatic carbocycles. The summed E-state index contributed by atoms with van der Waals surface area (Å²) in [6, 6.07) is 2.32. The molecule has 0 atom stereocenters. The number of anilines is 1. The minimum atomic E-state index is -0.780. The van der Waals surface area contributed by atoms with Crippen LogP contribution in [0.25, 0.3) is 11.4 Å². The Labute approximate surface area is 196 Å². The minimum Gasteiger partial charge on any atom is -0.493 e. The van der Waals surface area contributed by atoms with Crippen LogP contribution in [0.2, 0.25) is 5.02 Å². The van der Waals surface area contributed by atoms with Gasteiger partial charge in [0, 0.05) is 31.1 Å². The average Bonchev–Trinajstić information content (AvgIpc) is 3.27. The van der Waals surface area contributed by atoms with Crippen LogP contribution in [-0.2, 0) is 0 Å². The molecule has 10 heteroatoms.